The Labute approximate surface area is 157 Å². The van der Waals surface area contributed by atoms with Crippen LogP contribution in [0.25, 0.3) is 11.3 Å². The number of carbonyl (C=O) groups is 1. The SMILES string of the molecule is O=C(NCC1CCN(c2ccc(F)cc2)C1)c1cn[nH]c1-c1ccccc1. The molecule has 0 radical (unpaired) electrons. The third-order valence-electron chi connectivity index (χ3n) is 4.98. The van der Waals surface area contributed by atoms with E-state index in [4.69, 9.17) is 0 Å². The molecule has 2 heterocycles. The van der Waals surface area contributed by atoms with E-state index in [-0.39, 0.29) is 11.7 Å². The maximum Gasteiger partial charge on any atom is 0.255 e. The number of aromatic amines is 1. The summed E-state index contributed by atoms with van der Waals surface area (Å²) in [7, 11) is 0. The summed E-state index contributed by atoms with van der Waals surface area (Å²) in [6.45, 7) is 2.37. The van der Waals surface area contributed by atoms with Crippen molar-refractivity contribution in [3.8, 4) is 11.3 Å². The van der Waals surface area contributed by atoms with Gasteiger partial charge < -0.3 is 10.2 Å². The van der Waals surface area contributed by atoms with E-state index in [1.807, 2.05) is 30.3 Å². The Morgan fingerprint density at radius 2 is 1.96 bits per heavy atom. The molecule has 3 aromatic rings. The van der Waals surface area contributed by atoms with Gasteiger partial charge in [0.05, 0.1) is 17.5 Å². The Kier molecular flexibility index (Phi) is 4.87. The molecular formula is C21H21FN4O. The van der Waals surface area contributed by atoms with Gasteiger partial charge in [-0.1, -0.05) is 30.3 Å². The molecule has 1 atom stereocenters. The first-order valence-electron chi connectivity index (χ1n) is 9.08. The molecule has 5 nitrogen and oxygen atoms in total. The summed E-state index contributed by atoms with van der Waals surface area (Å²) in [4.78, 5) is 14.8. The first-order valence-corrected chi connectivity index (χ1v) is 9.08. The summed E-state index contributed by atoms with van der Waals surface area (Å²) in [6, 6.07) is 16.3. The summed E-state index contributed by atoms with van der Waals surface area (Å²) >= 11 is 0. The number of anilines is 1. The van der Waals surface area contributed by atoms with Crippen LogP contribution >= 0.6 is 0 Å². The minimum atomic E-state index is -0.226. The van der Waals surface area contributed by atoms with Gasteiger partial charge in [0.15, 0.2) is 0 Å². The zero-order valence-corrected chi connectivity index (χ0v) is 14.9. The maximum absolute atomic E-state index is 13.1. The monoisotopic (exact) mass is 364 g/mol. The molecule has 0 spiro atoms. The lowest BCUT2D eigenvalue weighted by Gasteiger charge is -2.18. The van der Waals surface area contributed by atoms with Gasteiger partial charge in [-0.2, -0.15) is 5.10 Å². The topological polar surface area (TPSA) is 61.0 Å². The average molecular weight is 364 g/mol. The first-order chi connectivity index (χ1) is 13.2. The highest BCUT2D eigenvalue weighted by molar-refractivity contribution is 5.99. The zero-order valence-electron chi connectivity index (χ0n) is 14.9. The van der Waals surface area contributed by atoms with Gasteiger partial charge in [0, 0.05) is 30.9 Å². The summed E-state index contributed by atoms with van der Waals surface area (Å²) in [5.74, 6) is 0.0185. The number of hydrogen-bond acceptors (Lipinski definition) is 3. The van der Waals surface area contributed by atoms with Gasteiger partial charge in [-0.3, -0.25) is 9.89 Å². The number of rotatable bonds is 5. The Morgan fingerprint density at radius 3 is 2.74 bits per heavy atom. The highest BCUT2D eigenvalue weighted by atomic mass is 19.1. The molecule has 1 unspecified atom stereocenters. The normalized spacial score (nSPS) is 16.5. The van der Waals surface area contributed by atoms with Crippen LogP contribution in [0.4, 0.5) is 10.1 Å². The van der Waals surface area contributed by atoms with Crippen LogP contribution in [0, 0.1) is 11.7 Å². The Bertz CT molecular complexity index is 907. The van der Waals surface area contributed by atoms with Crippen molar-refractivity contribution in [2.24, 2.45) is 5.92 Å². The Balaban J connectivity index is 1.35. The summed E-state index contributed by atoms with van der Waals surface area (Å²) in [5, 5.41) is 9.98. The van der Waals surface area contributed by atoms with Gasteiger partial charge in [0.2, 0.25) is 0 Å². The number of benzene rings is 2. The predicted molar refractivity (Wildman–Crippen MR) is 103 cm³/mol. The Hall–Kier alpha value is -3.15. The molecule has 1 aliphatic heterocycles. The van der Waals surface area contributed by atoms with E-state index >= 15 is 0 Å². The average Bonchev–Trinajstić information content (AvgIpc) is 3.37. The number of amides is 1. The highest BCUT2D eigenvalue weighted by Crippen LogP contribution is 2.24. The minimum Gasteiger partial charge on any atom is -0.371 e. The van der Waals surface area contributed by atoms with Crippen LogP contribution in [0.5, 0.6) is 0 Å². The fourth-order valence-electron chi connectivity index (χ4n) is 3.50. The molecule has 2 aromatic carbocycles. The van der Waals surface area contributed by atoms with Crippen molar-refractivity contribution >= 4 is 11.6 Å². The number of halogens is 1. The molecule has 0 bridgehead atoms. The van der Waals surface area contributed by atoms with Crippen molar-refractivity contribution in [3.05, 3.63) is 72.2 Å². The second kappa shape index (κ2) is 7.61. The number of H-pyrrole nitrogens is 1. The van der Waals surface area contributed by atoms with Gasteiger partial charge in [-0.15, -0.1) is 0 Å². The molecule has 1 fully saturated rings. The second-order valence-corrected chi connectivity index (χ2v) is 6.81. The van der Waals surface area contributed by atoms with Crippen LogP contribution in [-0.2, 0) is 0 Å². The number of aromatic nitrogens is 2. The lowest BCUT2D eigenvalue weighted by atomic mass is 10.1. The lowest BCUT2D eigenvalue weighted by molar-refractivity contribution is 0.0949. The quantitative estimate of drug-likeness (QED) is 0.729. The van der Waals surface area contributed by atoms with E-state index in [9.17, 15) is 9.18 Å². The molecule has 6 heteroatoms. The molecule has 0 aliphatic carbocycles. The summed E-state index contributed by atoms with van der Waals surface area (Å²) in [5.41, 5.74) is 3.23. The largest absolute Gasteiger partial charge is 0.371 e. The van der Waals surface area contributed by atoms with E-state index in [2.05, 4.69) is 20.4 Å². The number of carbonyl (C=O) groups excluding carboxylic acids is 1. The van der Waals surface area contributed by atoms with Gasteiger partial charge in [0.25, 0.3) is 5.91 Å². The molecule has 1 saturated heterocycles. The van der Waals surface area contributed by atoms with Gasteiger partial charge in [-0.05, 0) is 36.6 Å². The minimum absolute atomic E-state index is 0.122. The van der Waals surface area contributed by atoms with Crippen molar-refractivity contribution in [1.82, 2.24) is 15.5 Å². The zero-order chi connectivity index (χ0) is 18.6. The smallest absolute Gasteiger partial charge is 0.255 e. The van der Waals surface area contributed by atoms with Crippen LogP contribution in [0.2, 0.25) is 0 Å². The van der Waals surface area contributed by atoms with E-state index in [0.717, 1.165) is 36.5 Å². The van der Waals surface area contributed by atoms with Crippen LogP contribution in [-0.4, -0.2) is 35.7 Å². The fourth-order valence-corrected chi connectivity index (χ4v) is 3.50. The third-order valence-corrected chi connectivity index (χ3v) is 4.98. The van der Waals surface area contributed by atoms with Crippen molar-refractivity contribution in [2.75, 3.05) is 24.5 Å². The van der Waals surface area contributed by atoms with Crippen molar-refractivity contribution < 1.29 is 9.18 Å². The van der Waals surface area contributed by atoms with Gasteiger partial charge in [-0.25, -0.2) is 4.39 Å². The van der Waals surface area contributed by atoms with Crippen molar-refractivity contribution in [1.29, 1.82) is 0 Å². The molecule has 1 aromatic heterocycles. The molecule has 138 valence electrons. The van der Waals surface area contributed by atoms with E-state index < -0.39 is 0 Å². The van der Waals surface area contributed by atoms with E-state index in [1.54, 1.807) is 18.3 Å². The molecule has 1 amide bonds. The van der Waals surface area contributed by atoms with Crippen molar-refractivity contribution in [2.45, 2.75) is 6.42 Å². The van der Waals surface area contributed by atoms with E-state index in [1.165, 1.54) is 12.1 Å². The number of hydrogen-bond donors (Lipinski definition) is 2. The molecule has 4 rings (SSSR count). The van der Waals surface area contributed by atoms with Gasteiger partial charge in [0.1, 0.15) is 5.82 Å². The fraction of sp³-hybridized carbons (Fsp3) is 0.238. The molecule has 27 heavy (non-hydrogen) atoms. The van der Waals surface area contributed by atoms with Crippen LogP contribution < -0.4 is 10.2 Å². The van der Waals surface area contributed by atoms with E-state index in [0.29, 0.717) is 18.0 Å². The lowest BCUT2D eigenvalue weighted by Crippen LogP contribution is -2.31. The molecule has 1 aliphatic rings. The highest BCUT2D eigenvalue weighted by Gasteiger charge is 2.24. The number of nitrogens with one attached hydrogen (secondary N) is 2. The molecule has 0 saturated carbocycles. The van der Waals surface area contributed by atoms with Crippen LogP contribution in [0.3, 0.4) is 0 Å². The standard InChI is InChI=1S/C21H21FN4O/c22-17-6-8-18(9-7-17)26-11-10-15(14-26)12-23-21(27)19-13-24-25-20(19)16-4-2-1-3-5-16/h1-9,13,15H,10-12,14H2,(H,23,27)(H,24,25). The summed E-state index contributed by atoms with van der Waals surface area (Å²) < 4.78 is 13.1. The van der Waals surface area contributed by atoms with Crippen LogP contribution in [0.1, 0.15) is 16.8 Å². The Morgan fingerprint density at radius 1 is 1.19 bits per heavy atom. The van der Waals surface area contributed by atoms with Gasteiger partial charge >= 0.3 is 0 Å². The summed E-state index contributed by atoms with van der Waals surface area (Å²) in [6.07, 6.45) is 2.56. The predicted octanol–water partition coefficient (Wildman–Crippen LogP) is 3.47. The molecule has 2 N–H and O–H groups in total. The van der Waals surface area contributed by atoms with Crippen LogP contribution in [0.15, 0.2) is 60.8 Å². The second-order valence-electron chi connectivity index (χ2n) is 6.81. The first kappa shape index (κ1) is 17.3. The maximum atomic E-state index is 13.1. The van der Waals surface area contributed by atoms with Crippen molar-refractivity contribution in [3.63, 3.8) is 0 Å². The molecular weight excluding hydrogens is 343 g/mol. The third kappa shape index (κ3) is 3.84. The number of nitrogens with zero attached hydrogens (tertiary/aromatic N) is 2.